The highest BCUT2D eigenvalue weighted by atomic mass is 16.6. The number of ether oxygens (including phenoxy) is 1. The summed E-state index contributed by atoms with van der Waals surface area (Å²) in [6.07, 6.45) is 1.62. The normalized spacial score (nSPS) is 10.4. The van der Waals surface area contributed by atoms with Crippen LogP contribution in [0.3, 0.4) is 0 Å². The number of nitrogens with one attached hydrogen (secondary N) is 1. The van der Waals surface area contributed by atoms with Crippen LogP contribution in [0.4, 0.5) is 11.4 Å². The third-order valence-electron chi connectivity index (χ3n) is 3.94. The monoisotopic (exact) mass is 351 g/mol. The van der Waals surface area contributed by atoms with Crippen molar-refractivity contribution in [2.45, 2.75) is 0 Å². The van der Waals surface area contributed by atoms with Crippen LogP contribution < -0.4 is 15.6 Å². The third-order valence-corrected chi connectivity index (χ3v) is 3.94. The molecule has 1 heterocycles. The number of hydrogen-bond donors (Lipinski definition) is 1. The van der Waals surface area contributed by atoms with Gasteiger partial charge in [-0.1, -0.05) is 18.2 Å². The van der Waals surface area contributed by atoms with Gasteiger partial charge < -0.3 is 14.6 Å². The van der Waals surface area contributed by atoms with E-state index in [0.717, 1.165) is 0 Å². The van der Waals surface area contributed by atoms with Gasteiger partial charge in [-0.3, -0.25) is 14.9 Å². The van der Waals surface area contributed by atoms with Gasteiger partial charge in [0.25, 0.3) is 0 Å². The zero-order valence-corrected chi connectivity index (χ0v) is 14.3. The molecule has 0 aliphatic carbocycles. The molecule has 0 aliphatic heterocycles. The Morgan fingerprint density at radius 2 is 1.81 bits per heavy atom. The van der Waals surface area contributed by atoms with Crippen LogP contribution in [0, 0.1) is 10.1 Å². The fourth-order valence-electron chi connectivity index (χ4n) is 2.64. The molecular formula is C19H17N3O4. The van der Waals surface area contributed by atoms with Gasteiger partial charge in [0.15, 0.2) is 0 Å². The van der Waals surface area contributed by atoms with E-state index < -0.39 is 4.92 Å². The van der Waals surface area contributed by atoms with Crippen molar-refractivity contribution < 1.29 is 9.66 Å². The summed E-state index contributed by atoms with van der Waals surface area (Å²) >= 11 is 0. The second kappa shape index (κ2) is 7.10. The molecule has 3 rings (SSSR count). The second-order valence-electron chi connectivity index (χ2n) is 5.63. The Morgan fingerprint density at radius 3 is 2.42 bits per heavy atom. The summed E-state index contributed by atoms with van der Waals surface area (Å²) in [7, 11) is 3.24. The number of rotatable bonds is 5. The highest BCUT2D eigenvalue weighted by Gasteiger charge is 2.26. The third kappa shape index (κ3) is 3.27. The fourth-order valence-corrected chi connectivity index (χ4v) is 2.64. The van der Waals surface area contributed by atoms with E-state index in [9.17, 15) is 14.9 Å². The predicted octanol–water partition coefficient (Wildman–Crippen LogP) is 3.79. The molecule has 3 aromatic rings. The van der Waals surface area contributed by atoms with Crippen LogP contribution >= 0.6 is 0 Å². The molecule has 1 aromatic heterocycles. The predicted molar refractivity (Wildman–Crippen MR) is 99.8 cm³/mol. The summed E-state index contributed by atoms with van der Waals surface area (Å²) in [5, 5.41) is 14.6. The van der Waals surface area contributed by atoms with Crippen LogP contribution in [-0.2, 0) is 7.05 Å². The van der Waals surface area contributed by atoms with E-state index in [1.54, 1.807) is 62.8 Å². The topological polar surface area (TPSA) is 86.4 Å². The first-order chi connectivity index (χ1) is 12.5. The smallest absolute Gasteiger partial charge is 0.335 e. The fraction of sp³-hybridized carbons (Fsp3) is 0.105. The van der Waals surface area contributed by atoms with Crippen LogP contribution in [-0.4, -0.2) is 16.5 Å². The van der Waals surface area contributed by atoms with Crippen molar-refractivity contribution in [3.63, 3.8) is 0 Å². The average molecular weight is 351 g/mol. The lowest BCUT2D eigenvalue weighted by Crippen LogP contribution is -2.14. The van der Waals surface area contributed by atoms with E-state index in [-0.39, 0.29) is 17.0 Å². The van der Waals surface area contributed by atoms with Crippen molar-refractivity contribution in [2.24, 2.45) is 7.05 Å². The zero-order chi connectivity index (χ0) is 18.7. The molecule has 0 radical (unpaired) electrons. The van der Waals surface area contributed by atoms with E-state index in [1.165, 1.54) is 10.6 Å². The van der Waals surface area contributed by atoms with Gasteiger partial charge in [-0.25, -0.2) is 0 Å². The number of hydrogen-bond acceptors (Lipinski definition) is 5. The van der Waals surface area contributed by atoms with Gasteiger partial charge >= 0.3 is 5.69 Å². The highest BCUT2D eigenvalue weighted by molar-refractivity contribution is 5.82. The summed E-state index contributed by atoms with van der Waals surface area (Å²) in [5.41, 5.74) is 1.18. The number of pyridine rings is 1. The number of nitrogens with zero attached hydrogens (tertiary/aromatic N) is 2. The number of anilines is 1. The lowest BCUT2D eigenvalue weighted by molar-refractivity contribution is -0.384. The Kier molecular flexibility index (Phi) is 4.70. The number of para-hydroxylation sites is 1. The second-order valence-corrected chi connectivity index (χ2v) is 5.63. The Balaban J connectivity index is 2.26. The van der Waals surface area contributed by atoms with Crippen LogP contribution in [0.25, 0.3) is 11.1 Å². The average Bonchev–Trinajstić information content (AvgIpc) is 2.64. The van der Waals surface area contributed by atoms with Crippen molar-refractivity contribution in [2.75, 3.05) is 12.4 Å². The van der Waals surface area contributed by atoms with Gasteiger partial charge in [-0.05, 0) is 30.3 Å². The van der Waals surface area contributed by atoms with E-state index in [2.05, 4.69) is 5.32 Å². The van der Waals surface area contributed by atoms with Crippen LogP contribution in [0.2, 0.25) is 0 Å². The molecule has 0 saturated carbocycles. The first-order valence-corrected chi connectivity index (χ1v) is 7.90. The van der Waals surface area contributed by atoms with E-state index in [1.807, 2.05) is 6.07 Å². The zero-order valence-electron chi connectivity index (χ0n) is 14.3. The van der Waals surface area contributed by atoms with Gasteiger partial charge in [0, 0.05) is 37.5 Å². The lowest BCUT2D eigenvalue weighted by atomic mass is 10.0. The van der Waals surface area contributed by atoms with Crippen molar-refractivity contribution in [1.82, 2.24) is 4.57 Å². The number of aromatic nitrogens is 1. The van der Waals surface area contributed by atoms with E-state index in [0.29, 0.717) is 22.6 Å². The molecule has 0 amide bonds. The molecule has 0 fully saturated rings. The van der Waals surface area contributed by atoms with Crippen molar-refractivity contribution in [3.8, 4) is 22.6 Å². The van der Waals surface area contributed by atoms with Crippen LogP contribution in [0.5, 0.6) is 11.5 Å². The lowest BCUT2D eigenvalue weighted by Gasteiger charge is -2.14. The molecule has 0 saturated heterocycles. The number of nitro groups is 1. The van der Waals surface area contributed by atoms with E-state index in [4.69, 9.17) is 4.74 Å². The van der Waals surface area contributed by atoms with Crippen LogP contribution in [0.1, 0.15) is 0 Å². The summed E-state index contributed by atoms with van der Waals surface area (Å²) in [6, 6.07) is 15.2. The van der Waals surface area contributed by atoms with Gasteiger partial charge in [-0.2, -0.15) is 0 Å². The molecule has 7 heteroatoms. The minimum Gasteiger partial charge on any atom is -0.449 e. The standard InChI is InChI=1S/C19H17N3O4/c1-20-16-10-9-15(13-8-11-17(23)21(2)12-13)19(18(16)22(24)25)26-14-6-4-3-5-7-14/h3-12,20H,1-2H3. The molecule has 7 nitrogen and oxygen atoms in total. The molecule has 0 bridgehead atoms. The minimum atomic E-state index is -0.477. The molecule has 132 valence electrons. The molecule has 0 atom stereocenters. The molecule has 0 aliphatic rings. The van der Waals surface area contributed by atoms with Crippen molar-refractivity contribution in [3.05, 3.63) is 81.3 Å². The molecule has 0 unspecified atom stereocenters. The SMILES string of the molecule is CNc1ccc(-c2ccc(=O)n(C)c2)c(Oc2ccccc2)c1[N+](=O)[O-]. The largest absolute Gasteiger partial charge is 0.449 e. The Labute approximate surface area is 149 Å². The van der Waals surface area contributed by atoms with Crippen molar-refractivity contribution >= 4 is 11.4 Å². The van der Waals surface area contributed by atoms with Gasteiger partial charge in [0.05, 0.1) is 4.92 Å². The molecule has 26 heavy (non-hydrogen) atoms. The highest BCUT2D eigenvalue weighted by Crippen LogP contribution is 2.44. The van der Waals surface area contributed by atoms with Gasteiger partial charge in [0.1, 0.15) is 11.4 Å². The van der Waals surface area contributed by atoms with Crippen LogP contribution in [0.15, 0.2) is 65.6 Å². The Bertz CT molecular complexity index is 1010. The number of benzene rings is 2. The van der Waals surface area contributed by atoms with Crippen molar-refractivity contribution in [1.29, 1.82) is 0 Å². The number of aryl methyl sites for hydroxylation is 1. The molecular weight excluding hydrogens is 334 g/mol. The maximum atomic E-state index is 11.7. The Hall–Kier alpha value is -3.61. The first-order valence-electron chi connectivity index (χ1n) is 7.90. The number of nitro benzene ring substituents is 1. The maximum absolute atomic E-state index is 11.7. The Morgan fingerprint density at radius 1 is 1.08 bits per heavy atom. The summed E-state index contributed by atoms with van der Waals surface area (Å²) < 4.78 is 7.32. The van der Waals surface area contributed by atoms with E-state index >= 15 is 0 Å². The maximum Gasteiger partial charge on any atom is 0.335 e. The summed E-state index contributed by atoms with van der Waals surface area (Å²) in [4.78, 5) is 22.9. The minimum absolute atomic E-state index is 0.117. The molecule has 1 N–H and O–H groups in total. The molecule has 2 aromatic carbocycles. The summed E-state index contributed by atoms with van der Waals surface area (Å²) in [5.74, 6) is 0.599. The quantitative estimate of drug-likeness (QED) is 0.558. The molecule has 0 spiro atoms. The van der Waals surface area contributed by atoms with Gasteiger partial charge in [-0.15, -0.1) is 0 Å². The summed E-state index contributed by atoms with van der Waals surface area (Å²) in [6.45, 7) is 0. The first kappa shape index (κ1) is 17.2. The van der Waals surface area contributed by atoms with Gasteiger partial charge in [0.2, 0.25) is 11.3 Å².